The number of nitrogens with zero attached hydrogens (tertiary/aromatic N) is 1. The summed E-state index contributed by atoms with van der Waals surface area (Å²) in [5.41, 5.74) is 8.18. The van der Waals surface area contributed by atoms with Gasteiger partial charge in [0.2, 0.25) is 5.91 Å². The van der Waals surface area contributed by atoms with E-state index in [2.05, 4.69) is 0 Å². The van der Waals surface area contributed by atoms with Crippen LogP contribution in [-0.4, -0.2) is 20.1 Å². The SMILES string of the molecule is COc1cc2c(cc1N)CC(=O)N2C. The van der Waals surface area contributed by atoms with Crippen molar-refractivity contribution in [3.05, 3.63) is 17.7 Å². The maximum Gasteiger partial charge on any atom is 0.231 e. The number of methoxy groups -OCH3 is 1. The van der Waals surface area contributed by atoms with Crippen molar-refractivity contribution < 1.29 is 9.53 Å². The Bertz CT molecular complexity index is 401. The minimum Gasteiger partial charge on any atom is -0.495 e. The Morgan fingerprint density at radius 3 is 2.86 bits per heavy atom. The van der Waals surface area contributed by atoms with Gasteiger partial charge in [0.05, 0.1) is 24.9 Å². The van der Waals surface area contributed by atoms with E-state index in [0.29, 0.717) is 17.9 Å². The Kier molecular flexibility index (Phi) is 1.84. The molecule has 2 rings (SSSR count). The zero-order valence-electron chi connectivity index (χ0n) is 8.20. The molecule has 4 nitrogen and oxygen atoms in total. The summed E-state index contributed by atoms with van der Waals surface area (Å²) in [4.78, 5) is 13.0. The lowest BCUT2D eigenvalue weighted by atomic mass is 10.1. The van der Waals surface area contributed by atoms with Gasteiger partial charge in [-0.25, -0.2) is 0 Å². The van der Waals surface area contributed by atoms with Crippen LogP contribution in [-0.2, 0) is 11.2 Å². The van der Waals surface area contributed by atoms with E-state index in [9.17, 15) is 4.79 Å². The molecule has 0 fully saturated rings. The first kappa shape index (κ1) is 8.87. The first-order chi connectivity index (χ1) is 6.63. The lowest BCUT2D eigenvalue weighted by Crippen LogP contribution is -2.20. The quantitative estimate of drug-likeness (QED) is 0.669. The zero-order valence-corrected chi connectivity index (χ0v) is 8.20. The van der Waals surface area contributed by atoms with Gasteiger partial charge in [-0.15, -0.1) is 0 Å². The molecule has 0 bridgehead atoms. The molecule has 0 atom stereocenters. The normalized spacial score (nSPS) is 14.4. The predicted octanol–water partition coefficient (Wildman–Crippen LogP) is 0.796. The fourth-order valence-electron chi connectivity index (χ4n) is 1.68. The summed E-state index contributed by atoms with van der Waals surface area (Å²) in [6, 6.07) is 3.60. The van der Waals surface area contributed by atoms with E-state index < -0.39 is 0 Å². The molecular weight excluding hydrogens is 180 g/mol. The molecule has 1 aromatic carbocycles. The number of fused-ring (bicyclic) bond motifs is 1. The van der Waals surface area contributed by atoms with Crippen molar-refractivity contribution in [3.63, 3.8) is 0 Å². The van der Waals surface area contributed by atoms with Gasteiger partial charge >= 0.3 is 0 Å². The number of benzene rings is 1. The Labute approximate surface area is 82.3 Å². The third-order valence-corrected chi connectivity index (χ3v) is 2.51. The van der Waals surface area contributed by atoms with Crippen molar-refractivity contribution >= 4 is 17.3 Å². The summed E-state index contributed by atoms with van der Waals surface area (Å²) in [5.74, 6) is 0.706. The van der Waals surface area contributed by atoms with Gasteiger partial charge in [0.15, 0.2) is 0 Å². The van der Waals surface area contributed by atoms with Crippen LogP contribution in [0.5, 0.6) is 5.75 Å². The number of nitrogen functional groups attached to an aromatic ring is 1. The van der Waals surface area contributed by atoms with E-state index in [1.807, 2.05) is 0 Å². The highest BCUT2D eigenvalue weighted by Crippen LogP contribution is 2.35. The van der Waals surface area contributed by atoms with Crippen LogP contribution in [0.2, 0.25) is 0 Å². The van der Waals surface area contributed by atoms with Crippen LogP contribution in [0.3, 0.4) is 0 Å². The second kappa shape index (κ2) is 2.90. The van der Waals surface area contributed by atoms with E-state index in [0.717, 1.165) is 11.3 Å². The first-order valence-electron chi connectivity index (χ1n) is 4.36. The molecule has 74 valence electrons. The number of carbonyl (C=O) groups is 1. The molecule has 1 aromatic rings. The number of nitrogens with two attached hydrogens (primary N) is 1. The fourth-order valence-corrected chi connectivity index (χ4v) is 1.68. The highest BCUT2D eigenvalue weighted by Gasteiger charge is 2.25. The molecule has 0 aromatic heterocycles. The molecule has 1 aliphatic heterocycles. The highest BCUT2D eigenvalue weighted by atomic mass is 16.5. The van der Waals surface area contributed by atoms with E-state index in [-0.39, 0.29) is 5.91 Å². The smallest absolute Gasteiger partial charge is 0.231 e. The Morgan fingerprint density at radius 1 is 1.50 bits per heavy atom. The molecule has 0 radical (unpaired) electrons. The number of likely N-dealkylation sites (N-methyl/N-ethyl adjacent to an activating group) is 1. The van der Waals surface area contributed by atoms with Gasteiger partial charge in [-0.1, -0.05) is 0 Å². The van der Waals surface area contributed by atoms with Crippen molar-refractivity contribution in [3.8, 4) is 5.75 Å². The molecule has 1 amide bonds. The lowest BCUT2D eigenvalue weighted by Gasteiger charge is -2.12. The molecule has 0 aliphatic carbocycles. The highest BCUT2D eigenvalue weighted by molar-refractivity contribution is 6.01. The van der Waals surface area contributed by atoms with Gasteiger partial charge in [-0.3, -0.25) is 4.79 Å². The van der Waals surface area contributed by atoms with Gasteiger partial charge in [0.25, 0.3) is 0 Å². The van der Waals surface area contributed by atoms with E-state index in [1.54, 1.807) is 31.2 Å². The average molecular weight is 192 g/mol. The maximum atomic E-state index is 11.4. The maximum absolute atomic E-state index is 11.4. The fraction of sp³-hybridized carbons (Fsp3) is 0.300. The van der Waals surface area contributed by atoms with Crippen molar-refractivity contribution in [2.45, 2.75) is 6.42 Å². The predicted molar refractivity (Wildman–Crippen MR) is 54.5 cm³/mol. The first-order valence-corrected chi connectivity index (χ1v) is 4.36. The number of ether oxygens (including phenoxy) is 1. The van der Waals surface area contributed by atoms with Gasteiger partial charge in [0, 0.05) is 13.1 Å². The van der Waals surface area contributed by atoms with Crippen molar-refractivity contribution in [1.82, 2.24) is 0 Å². The van der Waals surface area contributed by atoms with E-state index in [4.69, 9.17) is 10.5 Å². The third kappa shape index (κ3) is 1.11. The molecule has 1 heterocycles. The van der Waals surface area contributed by atoms with Crippen LogP contribution in [0.15, 0.2) is 12.1 Å². The van der Waals surface area contributed by atoms with Crippen LogP contribution in [0.1, 0.15) is 5.56 Å². The number of rotatable bonds is 1. The minimum atomic E-state index is 0.0904. The van der Waals surface area contributed by atoms with Gasteiger partial charge in [0.1, 0.15) is 5.75 Å². The van der Waals surface area contributed by atoms with Crippen LogP contribution in [0, 0.1) is 0 Å². The molecule has 2 N–H and O–H groups in total. The average Bonchev–Trinajstić information content (AvgIpc) is 2.41. The third-order valence-electron chi connectivity index (χ3n) is 2.51. The molecule has 0 spiro atoms. The Morgan fingerprint density at radius 2 is 2.21 bits per heavy atom. The second-order valence-electron chi connectivity index (χ2n) is 3.35. The monoisotopic (exact) mass is 192 g/mol. The summed E-state index contributed by atoms with van der Waals surface area (Å²) in [6.07, 6.45) is 0.431. The Hall–Kier alpha value is -1.71. The summed E-state index contributed by atoms with van der Waals surface area (Å²) in [7, 11) is 3.32. The molecule has 4 heteroatoms. The molecule has 14 heavy (non-hydrogen) atoms. The number of hydrogen-bond donors (Lipinski definition) is 1. The number of hydrogen-bond acceptors (Lipinski definition) is 3. The van der Waals surface area contributed by atoms with E-state index in [1.165, 1.54) is 0 Å². The Balaban J connectivity index is 2.55. The molecule has 1 aliphatic rings. The van der Waals surface area contributed by atoms with Crippen LogP contribution in [0.4, 0.5) is 11.4 Å². The second-order valence-corrected chi connectivity index (χ2v) is 3.35. The minimum absolute atomic E-state index is 0.0904. The van der Waals surface area contributed by atoms with Gasteiger partial charge < -0.3 is 15.4 Å². The number of carbonyl (C=O) groups excluding carboxylic acids is 1. The zero-order chi connectivity index (χ0) is 10.3. The number of amides is 1. The van der Waals surface area contributed by atoms with Crippen molar-refractivity contribution in [1.29, 1.82) is 0 Å². The lowest BCUT2D eigenvalue weighted by molar-refractivity contribution is -0.117. The molecule has 0 saturated carbocycles. The van der Waals surface area contributed by atoms with Crippen LogP contribution in [0.25, 0.3) is 0 Å². The summed E-state index contributed by atoms with van der Waals surface area (Å²) in [6.45, 7) is 0. The largest absolute Gasteiger partial charge is 0.495 e. The van der Waals surface area contributed by atoms with Crippen molar-refractivity contribution in [2.75, 3.05) is 24.8 Å². The van der Waals surface area contributed by atoms with Gasteiger partial charge in [-0.2, -0.15) is 0 Å². The summed E-state index contributed by atoms with van der Waals surface area (Å²) >= 11 is 0. The molecular formula is C10H12N2O2. The summed E-state index contributed by atoms with van der Waals surface area (Å²) < 4.78 is 5.09. The molecule has 0 unspecified atom stereocenters. The topological polar surface area (TPSA) is 55.6 Å². The van der Waals surface area contributed by atoms with Crippen LogP contribution >= 0.6 is 0 Å². The van der Waals surface area contributed by atoms with Crippen LogP contribution < -0.4 is 15.4 Å². The number of anilines is 2. The summed E-state index contributed by atoms with van der Waals surface area (Å²) in [5, 5.41) is 0. The van der Waals surface area contributed by atoms with Gasteiger partial charge in [-0.05, 0) is 11.6 Å². The molecule has 0 saturated heterocycles. The standard InChI is InChI=1S/C10H12N2O2/c1-12-8-5-9(14-2)7(11)3-6(8)4-10(12)13/h3,5H,4,11H2,1-2H3. The van der Waals surface area contributed by atoms with Crippen molar-refractivity contribution in [2.24, 2.45) is 0 Å². The van der Waals surface area contributed by atoms with E-state index >= 15 is 0 Å².